The summed E-state index contributed by atoms with van der Waals surface area (Å²) in [6, 6.07) is 10.3. The van der Waals surface area contributed by atoms with Crippen molar-refractivity contribution in [1.29, 1.82) is 0 Å². The van der Waals surface area contributed by atoms with E-state index in [2.05, 4.69) is 4.72 Å². The molecule has 0 bridgehead atoms. The van der Waals surface area contributed by atoms with Crippen molar-refractivity contribution in [3.63, 3.8) is 0 Å². The fourth-order valence-corrected chi connectivity index (χ4v) is 5.63. The predicted molar refractivity (Wildman–Crippen MR) is 101 cm³/mol. The van der Waals surface area contributed by atoms with Gasteiger partial charge in [0.2, 0.25) is 5.91 Å². The van der Waals surface area contributed by atoms with Gasteiger partial charge in [0.25, 0.3) is 10.0 Å². The molecule has 1 aromatic carbocycles. The average molecular weight is 379 g/mol. The lowest BCUT2D eigenvalue weighted by atomic mass is 10.0. The van der Waals surface area contributed by atoms with Gasteiger partial charge in [-0.3, -0.25) is 4.79 Å². The van der Waals surface area contributed by atoms with Crippen LogP contribution in [-0.2, 0) is 21.2 Å². The standard InChI is InChI=1S/C18H22N2O3S2/c1-12(2)17(19-25(22,23)16-9-8-13(3)24-16)18(21)20-11-10-14-6-4-5-7-15(14)20/h4-9,12,17,19H,10-11H2,1-3H3/t17-/m0/s1. The summed E-state index contributed by atoms with van der Waals surface area (Å²) in [7, 11) is -3.71. The second kappa shape index (κ2) is 6.90. The summed E-state index contributed by atoms with van der Waals surface area (Å²) in [4.78, 5) is 15.7. The van der Waals surface area contributed by atoms with Crippen molar-refractivity contribution in [3.8, 4) is 0 Å². The van der Waals surface area contributed by atoms with Gasteiger partial charge >= 0.3 is 0 Å². The SMILES string of the molecule is Cc1ccc(S(=O)(=O)N[C@H](C(=O)N2CCc3ccccc32)C(C)C)s1. The summed E-state index contributed by atoms with van der Waals surface area (Å²) in [5, 5.41) is 0. The number of amides is 1. The zero-order valence-electron chi connectivity index (χ0n) is 14.5. The van der Waals surface area contributed by atoms with Crippen LogP contribution in [0.2, 0.25) is 0 Å². The highest BCUT2D eigenvalue weighted by Crippen LogP contribution is 2.29. The molecule has 1 amide bonds. The molecule has 0 spiro atoms. The van der Waals surface area contributed by atoms with Crippen LogP contribution >= 0.6 is 11.3 Å². The Balaban J connectivity index is 1.86. The smallest absolute Gasteiger partial charge is 0.250 e. The zero-order valence-corrected chi connectivity index (χ0v) is 16.2. The molecule has 0 saturated carbocycles. The van der Waals surface area contributed by atoms with E-state index in [1.807, 2.05) is 45.0 Å². The molecule has 1 aromatic heterocycles. The largest absolute Gasteiger partial charge is 0.310 e. The average Bonchev–Trinajstić information content (AvgIpc) is 3.18. The number of carbonyl (C=O) groups is 1. The maximum Gasteiger partial charge on any atom is 0.250 e. The summed E-state index contributed by atoms with van der Waals surface area (Å²) in [5.74, 6) is -0.354. The van der Waals surface area contributed by atoms with E-state index in [0.717, 1.165) is 22.5 Å². The lowest BCUT2D eigenvalue weighted by molar-refractivity contribution is -0.121. The van der Waals surface area contributed by atoms with Crippen LogP contribution in [0.25, 0.3) is 0 Å². The molecule has 0 fully saturated rings. The van der Waals surface area contributed by atoms with Gasteiger partial charge in [0.05, 0.1) is 0 Å². The minimum absolute atomic E-state index is 0.156. The highest BCUT2D eigenvalue weighted by atomic mass is 32.2. The molecule has 5 nitrogen and oxygen atoms in total. The zero-order chi connectivity index (χ0) is 18.2. The Morgan fingerprint density at radius 3 is 2.56 bits per heavy atom. The van der Waals surface area contributed by atoms with Gasteiger partial charge in [-0.15, -0.1) is 11.3 Å². The number of hydrogen-bond acceptors (Lipinski definition) is 4. The second-order valence-corrected chi connectivity index (χ2v) is 9.81. The number of sulfonamides is 1. The van der Waals surface area contributed by atoms with Crippen LogP contribution in [0.1, 0.15) is 24.3 Å². The molecule has 1 aliphatic heterocycles. The third kappa shape index (κ3) is 3.63. The van der Waals surface area contributed by atoms with E-state index >= 15 is 0 Å². The predicted octanol–water partition coefficient (Wildman–Crippen LogP) is 2.95. The van der Waals surface area contributed by atoms with E-state index in [4.69, 9.17) is 0 Å². The number of thiophene rings is 1. The second-order valence-electron chi connectivity index (χ2n) is 6.58. The van der Waals surface area contributed by atoms with Crippen LogP contribution in [-0.4, -0.2) is 26.9 Å². The third-order valence-electron chi connectivity index (χ3n) is 4.35. The van der Waals surface area contributed by atoms with Gasteiger partial charge in [-0.25, -0.2) is 8.42 Å². The van der Waals surface area contributed by atoms with Crippen LogP contribution in [0.3, 0.4) is 0 Å². The van der Waals surface area contributed by atoms with Gasteiger partial charge in [-0.2, -0.15) is 4.72 Å². The number of aryl methyl sites for hydroxylation is 1. The first-order chi connectivity index (χ1) is 11.8. The van der Waals surface area contributed by atoms with E-state index in [1.165, 1.54) is 11.3 Å². The molecule has 134 valence electrons. The number of rotatable bonds is 5. The minimum atomic E-state index is -3.71. The molecular weight excluding hydrogens is 356 g/mol. The summed E-state index contributed by atoms with van der Waals surface area (Å²) in [6.07, 6.45) is 0.795. The van der Waals surface area contributed by atoms with Crippen molar-refractivity contribution in [3.05, 3.63) is 46.8 Å². The highest BCUT2D eigenvalue weighted by Gasteiger charge is 2.35. The molecule has 1 N–H and O–H groups in total. The number of para-hydroxylation sites is 1. The van der Waals surface area contributed by atoms with Crippen molar-refractivity contribution in [2.45, 2.75) is 37.4 Å². The highest BCUT2D eigenvalue weighted by molar-refractivity contribution is 7.91. The number of hydrogen-bond donors (Lipinski definition) is 1. The van der Waals surface area contributed by atoms with Gasteiger partial charge < -0.3 is 4.90 Å². The maximum atomic E-state index is 13.1. The van der Waals surface area contributed by atoms with Gasteiger partial charge in [-0.05, 0) is 43.0 Å². The number of benzene rings is 1. The Labute approximate surface area is 152 Å². The normalized spacial score (nSPS) is 15.4. The van der Waals surface area contributed by atoms with Gasteiger partial charge in [0.1, 0.15) is 10.3 Å². The quantitative estimate of drug-likeness (QED) is 0.870. The molecule has 1 atom stereocenters. The fraction of sp³-hybridized carbons (Fsp3) is 0.389. The Morgan fingerprint density at radius 2 is 1.92 bits per heavy atom. The third-order valence-corrected chi connectivity index (χ3v) is 7.28. The van der Waals surface area contributed by atoms with Gasteiger partial charge in [0.15, 0.2) is 0 Å². The Kier molecular flexibility index (Phi) is 4.99. The molecule has 7 heteroatoms. The first-order valence-electron chi connectivity index (χ1n) is 8.27. The first-order valence-corrected chi connectivity index (χ1v) is 10.6. The number of anilines is 1. The fourth-order valence-electron chi connectivity index (χ4n) is 2.99. The molecule has 25 heavy (non-hydrogen) atoms. The van der Waals surface area contributed by atoms with E-state index in [0.29, 0.717) is 6.54 Å². The van der Waals surface area contributed by atoms with Gasteiger partial charge in [0, 0.05) is 17.1 Å². The molecule has 2 heterocycles. The maximum absolute atomic E-state index is 13.1. The number of nitrogens with zero attached hydrogens (tertiary/aromatic N) is 1. The van der Waals surface area contributed by atoms with Crippen molar-refractivity contribution in [2.75, 3.05) is 11.4 Å². The van der Waals surface area contributed by atoms with Crippen LogP contribution < -0.4 is 9.62 Å². The molecule has 0 saturated heterocycles. The van der Waals surface area contributed by atoms with Crippen LogP contribution in [0.4, 0.5) is 5.69 Å². The summed E-state index contributed by atoms with van der Waals surface area (Å²) in [6.45, 7) is 6.15. The number of fused-ring (bicyclic) bond motifs is 1. The molecular formula is C18H22N2O3S2. The Bertz CT molecular complexity index is 887. The number of nitrogens with one attached hydrogen (secondary N) is 1. The van der Waals surface area contributed by atoms with E-state index < -0.39 is 16.1 Å². The summed E-state index contributed by atoms with van der Waals surface area (Å²) >= 11 is 1.21. The van der Waals surface area contributed by atoms with Crippen LogP contribution in [0.15, 0.2) is 40.6 Å². The molecule has 1 aliphatic rings. The Morgan fingerprint density at radius 1 is 1.20 bits per heavy atom. The van der Waals surface area contributed by atoms with Crippen molar-refractivity contribution >= 4 is 33.0 Å². The van der Waals surface area contributed by atoms with E-state index in [1.54, 1.807) is 17.0 Å². The van der Waals surface area contributed by atoms with Crippen LogP contribution in [0.5, 0.6) is 0 Å². The van der Waals surface area contributed by atoms with Gasteiger partial charge in [-0.1, -0.05) is 32.0 Å². The van der Waals surface area contributed by atoms with Crippen molar-refractivity contribution < 1.29 is 13.2 Å². The van der Waals surface area contributed by atoms with E-state index in [-0.39, 0.29) is 16.0 Å². The van der Waals surface area contributed by atoms with E-state index in [9.17, 15) is 13.2 Å². The molecule has 3 rings (SSSR count). The lowest BCUT2D eigenvalue weighted by Gasteiger charge is -2.27. The molecule has 2 aromatic rings. The summed E-state index contributed by atoms with van der Waals surface area (Å²) < 4.78 is 28.2. The lowest BCUT2D eigenvalue weighted by Crippen LogP contribution is -2.50. The molecule has 0 aliphatic carbocycles. The number of carbonyl (C=O) groups excluding carboxylic acids is 1. The van der Waals surface area contributed by atoms with Crippen molar-refractivity contribution in [1.82, 2.24) is 4.72 Å². The van der Waals surface area contributed by atoms with Crippen molar-refractivity contribution in [2.24, 2.45) is 5.92 Å². The topological polar surface area (TPSA) is 66.5 Å². The first kappa shape index (κ1) is 18.1. The minimum Gasteiger partial charge on any atom is -0.310 e. The van der Waals surface area contributed by atoms with Crippen LogP contribution in [0, 0.1) is 12.8 Å². The Hall–Kier alpha value is -1.70. The molecule has 0 radical (unpaired) electrons. The summed E-state index contributed by atoms with van der Waals surface area (Å²) in [5.41, 5.74) is 2.00. The molecule has 0 unspecified atom stereocenters. The monoisotopic (exact) mass is 378 g/mol.